The monoisotopic (exact) mass is 259 g/mol. The number of thioether (sulfide) groups is 1. The van der Waals surface area contributed by atoms with Crippen LogP contribution in [0.5, 0.6) is 0 Å². The van der Waals surface area contributed by atoms with Crippen LogP contribution in [-0.4, -0.2) is 23.3 Å². The van der Waals surface area contributed by atoms with Gasteiger partial charge >= 0.3 is 5.97 Å². The van der Waals surface area contributed by atoms with Crippen LogP contribution in [0.3, 0.4) is 0 Å². The van der Waals surface area contributed by atoms with E-state index in [-0.39, 0.29) is 18.0 Å². The molecule has 0 aliphatic rings. The van der Waals surface area contributed by atoms with Crippen LogP contribution in [0.2, 0.25) is 0 Å². The highest BCUT2D eigenvalue weighted by atomic mass is 32.2. The molecular weight excluding hydrogens is 249 g/mol. The summed E-state index contributed by atoms with van der Waals surface area (Å²) >= 11 is 0.995. The van der Waals surface area contributed by atoms with Crippen LogP contribution >= 0.6 is 11.8 Å². The maximum Gasteiger partial charge on any atom is 0.316 e. The van der Waals surface area contributed by atoms with Gasteiger partial charge in [0.15, 0.2) is 0 Å². The van der Waals surface area contributed by atoms with Crippen molar-refractivity contribution in [3.8, 4) is 0 Å². The van der Waals surface area contributed by atoms with Crippen LogP contribution in [0.25, 0.3) is 0 Å². The topological polar surface area (TPSA) is 69.4 Å². The summed E-state index contributed by atoms with van der Waals surface area (Å²) in [6, 6.07) is 3.18. The number of benzene rings is 1. The van der Waals surface area contributed by atoms with Gasteiger partial charge in [-0.15, -0.1) is 11.8 Å². The van der Waals surface area contributed by atoms with Gasteiger partial charge in [-0.05, 0) is 13.0 Å². The highest BCUT2D eigenvalue weighted by Crippen LogP contribution is 2.24. The number of ether oxygens (including phenoxy) is 1. The van der Waals surface area contributed by atoms with Gasteiger partial charge < -0.3 is 4.74 Å². The van der Waals surface area contributed by atoms with Crippen molar-refractivity contribution in [2.45, 2.75) is 11.8 Å². The molecule has 7 heteroatoms. The van der Waals surface area contributed by atoms with Gasteiger partial charge in [0.25, 0.3) is 5.69 Å². The van der Waals surface area contributed by atoms with Crippen molar-refractivity contribution in [3.05, 3.63) is 34.1 Å². The van der Waals surface area contributed by atoms with Crippen molar-refractivity contribution < 1.29 is 18.8 Å². The van der Waals surface area contributed by atoms with Gasteiger partial charge in [-0.1, -0.05) is 0 Å². The summed E-state index contributed by atoms with van der Waals surface area (Å²) in [6.07, 6.45) is 0. The average Bonchev–Trinajstić information content (AvgIpc) is 2.26. The van der Waals surface area contributed by atoms with E-state index >= 15 is 0 Å². The van der Waals surface area contributed by atoms with E-state index in [0.29, 0.717) is 4.90 Å². The van der Waals surface area contributed by atoms with E-state index < -0.39 is 16.7 Å². The van der Waals surface area contributed by atoms with Crippen LogP contribution in [0.1, 0.15) is 6.92 Å². The minimum absolute atomic E-state index is 0.00551. The van der Waals surface area contributed by atoms with Gasteiger partial charge in [0.2, 0.25) is 0 Å². The number of carbonyl (C=O) groups excluding carboxylic acids is 1. The molecule has 0 aliphatic carbocycles. The van der Waals surface area contributed by atoms with E-state index in [9.17, 15) is 19.3 Å². The summed E-state index contributed by atoms with van der Waals surface area (Å²) in [6.45, 7) is 1.94. The molecule has 0 unspecified atom stereocenters. The highest BCUT2D eigenvalue weighted by Gasteiger charge is 2.11. The molecule has 0 aliphatic heterocycles. The molecule has 0 saturated carbocycles. The first kappa shape index (κ1) is 13.4. The summed E-state index contributed by atoms with van der Waals surface area (Å²) in [4.78, 5) is 21.2. The Labute approximate surface area is 101 Å². The van der Waals surface area contributed by atoms with Crippen LogP contribution in [0, 0.1) is 15.9 Å². The molecule has 92 valence electrons. The Hall–Kier alpha value is -1.63. The summed E-state index contributed by atoms with van der Waals surface area (Å²) in [5.41, 5.74) is -0.337. The van der Waals surface area contributed by atoms with Gasteiger partial charge in [0.05, 0.1) is 23.3 Å². The van der Waals surface area contributed by atoms with E-state index in [1.54, 1.807) is 6.92 Å². The molecule has 1 aromatic carbocycles. The molecule has 0 fully saturated rings. The van der Waals surface area contributed by atoms with E-state index in [2.05, 4.69) is 4.74 Å². The van der Waals surface area contributed by atoms with Crippen LogP contribution in [0.15, 0.2) is 23.1 Å². The zero-order valence-corrected chi connectivity index (χ0v) is 9.83. The lowest BCUT2D eigenvalue weighted by Gasteiger charge is -2.02. The molecule has 0 bridgehead atoms. The summed E-state index contributed by atoms with van der Waals surface area (Å²) < 4.78 is 17.7. The van der Waals surface area contributed by atoms with Gasteiger partial charge in [0.1, 0.15) is 5.82 Å². The molecule has 1 aromatic rings. The third-order valence-electron chi connectivity index (χ3n) is 1.73. The average molecular weight is 259 g/mol. The zero-order valence-electron chi connectivity index (χ0n) is 9.01. The summed E-state index contributed by atoms with van der Waals surface area (Å²) in [5.74, 6) is -1.15. The smallest absolute Gasteiger partial charge is 0.316 e. The van der Waals surface area contributed by atoms with Crippen molar-refractivity contribution in [1.29, 1.82) is 0 Å². The molecule has 0 N–H and O–H groups in total. The number of nitro groups is 1. The first-order chi connectivity index (χ1) is 8.02. The molecule has 0 radical (unpaired) electrons. The van der Waals surface area contributed by atoms with Crippen LogP contribution in [-0.2, 0) is 9.53 Å². The molecule has 0 saturated heterocycles. The minimum Gasteiger partial charge on any atom is -0.465 e. The molecule has 1 rings (SSSR count). The summed E-state index contributed by atoms with van der Waals surface area (Å²) in [7, 11) is 0. The fourth-order valence-electron chi connectivity index (χ4n) is 1.08. The fraction of sp³-hybridized carbons (Fsp3) is 0.300. The number of esters is 1. The molecule has 17 heavy (non-hydrogen) atoms. The lowest BCUT2D eigenvalue weighted by Crippen LogP contribution is -2.06. The van der Waals surface area contributed by atoms with Crippen molar-refractivity contribution in [2.24, 2.45) is 0 Å². The second-order valence-corrected chi connectivity index (χ2v) is 4.04. The predicted octanol–water partition coefficient (Wildman–Crippen LogP) is 2.39. The lowest BCUT2D eigenvalue weighted by molar-refractivity contribution is -0.385. The van der Waals surface area contributed by atoms with E-state index in [0.717, 1.165) is 23.9 Å². The second-order valence-electron chi connectivity index (χ2n) is 3.00. The van der Waals surface area contributed by atoms with Gasteiger partial charge in [-0.25, -0.2) is 4.39 Å². The Morgan fingerprint density at radius 2 is 2.24 bits per heavy atom. The molecule has 0 atom stereocenters. The van der Waals surface area contributed by atoms with Crippen molar-refractivity contribution >= 4 is 23.4 Å². The highest BCUT2D eigenvalue weighted by molar-refractivity contribution is 8.00. The minimum atomic E-state index is -0.703. The van der Waals surface area contributed by atoms with Crippen LogP contribution < -0.4 is 0 Å². The Balaban J connectivity index is 2.71. The summed E-state index contributed by atoms with van der Waals surface area (Å²) in [5, 5.41) is 10.5. The van der Waals surface area contributed by atoms with Crippen LogP contribution in [0.4, 0.5) is 10.1 Å². The third kappa shape index (κ3) is 4.39. The Morgan fingerprint density at radius 3 is 2.82 bits per heavy atom. The largest absolute Gasteiger partial charge is 0.465 e. The first-order valence-electron chi connectivity index (χ1n) is 4.76. The molecule has 0 aromatic heterocycles. The third-order valence-corrected chi connectivity index (χ3v) is 2.68. The van der Waals surface area contributed by atoms with Crippen molar-refractivity contribution in [1.82, 2.24) is 0 Å². The SMILES string of the molecule is CCOC(=O)CSc1cc(F)cc([N+](=O)[O-])c1. The number of hydrogen-bond acceptors (Lipinski definition) is 5. The maximum absolute atomic E-state index is 13.0. The molecule has 0 spiro atoms. The maximum atomic E-state index is 13.0. The van der Waals surface area contributed by atoms with Gasteiger partial charge in [-0.2, -0.15) is 0 Å². The number of rotatable bonds is 5. The first-order valence-corrected chi connectivity index (χ1v) is 5.75. The number of carbonyl (C=O) groups is 1. The Morgan fingerprint density at radius 1 is 1.53 bits per heavy atom. The molecule has 0 heterocycles. The number of hydrogen-bond donors (Lipinski definition) is 0. The van der Waals surface area contributed by atoms with Crippen molar-refractivity contribution in [3.63, 3.8) is 0 Å². The Bertz CT molecular complexity index is 438. The predicted molar refractivity (Wildman–Crippen MR) is 60.4 cm³/mol. The van der Waals surface area contributed by atoms with E-state index in [1.165, 1.54) is 6.07 Å². The molecular formula is C10H10FNO4S. The number of non-ortho nitro benzene ring substituents is 1. The van der Waals surface area contributed by atoms with Gasteiger partial charge in [0, 0.05) is 11.0 Å². The number of nitro benzene ring substituents is 1. The molecule has 0 amide bonds. The second kappa shape index (κ2) is 6.19. The van der Waals surface area contributed by atoms with E-state index in [1.807, 2.05) is 0 Å². The normalized spacial score (nSPS) is 10.0. The molecule has 5 nitrogen and oxygen atoms in total. The standard InChI is InChI=1S/C10H10FNO4S/c1-2-16-10(13)6-17-9-4-7(11)3-8(5-9)12(14)15/h3-5H,2,6H2,1H3. The quantitative estimate of drug-likeness (QED) is 0.351. The lowest BCUT2D eigenvalue weighted by atomic mass is 10.3. The van der Waals surface area contributed by atoms with Crippen molar-refractivity contribution in [2.75, 3.05) is 12.4 Å². The Kier molecular flexibility index (Phi) is 4.89. The zero-order chi connectivity index (χ0) is 12.8. The van der Waals surface area contributed by atoms with E-state index in [4.69, 9.17) is 0 Å². The number of nitrogens with zero attached hydrogens (tertiary/aromatic N) is 1. The number of halogens is 1. The van der Waals surface area contributed by atoms with Gasteiger partial charge in [-0.3, -0.25) is 14.9 Å². The fourth-order valence-corrected chi connectivity index (χ4v) is 1.85.